The monoisotopic (exact) mass is 354 g/mol. The summed E-state index contributed by atoms with van der Waals surface area (Å²) in [7, 11) is 0. The fourth-order valence-corrected chi connectivity index (χ4v) is 4.15. The number of aryl methyl sites for hydroxylation is 1. The molecule has 0 radical (unpaired) electrons. The van der Waals surface area contributed by atoms with E-state index in [-0.39, 0.29) is 23.3 Å². The maximum atomic E-state index is 11.2. The lowest BCUT2D eigenvalue weighted by molar-refractivity contribution is 0.387. The predicted molar refractivity (Wildman–Crippen MR) is 105 cm³/mol. The van der Waals surface area contributed by atoms with Gasteiger partial charge in [-0.25, -0.2) is 0 Å². The van der Waals surface area contributed by atoms with Crippen LogP contribution >= 0.6 is 0 Å². The van der Waals surface area contributed by atoms with Gasteiger partial charge in [0, 0.05) is 23.0 Å². The molecule has 0 fully saturated rings. The maximum absolute atomic E-state index is 11.2. The zero-order valence-corrected chi connectivity index (χ0v) is 15.9. The summed E-state index contributed by atoms with van der Waals surface area (Å²) < 4.78 is 5.18. The summed E-state index contributed by atoms with van der Waals surface area (Å²) in [6.07, 6.45) is 16.8. The smallest absolute Gasteiger partial charge is 0.127 e. The Morgan fingerprint density at radius 2 is 1.88 bits per heavy atom. The normalized spacial score (nSPS) is 20.1. The van der Waals surface area contributed by atoms with Crippen molar-refractivity contribution in [3.63, 3.8) is 0 Å². The van der Waals surface area contributed by atoms with Crippen LogP contribution in [0.1, 0.15) is 80.9 Å². The summed E-state index contributed by atoms with van der Waals surface area (Å²) in [5.41, 5.74) is 3.97. The average Bonchev–Trinajstić information content (AvgIpc) is 2.62. The summed E-state index contributed by atoms with van der Waals surface area (Å²) in [5, 5.41) is 21.9. The lowest BCUT2D eigenvalue weighted by atomic mass is 9.81. The number of benzene rings is 1. The first-order valence-electron chi connectivity index (χ1n) is 9.85. The van der Waals surface area contributed by atoms with Crippen LogP contribution in [0.4, 0.5) is 0 Å². The molecular weight excluding hydrogens is 324 g/mol. The number of unbranched alkanes of at least 4 members (excludes halogenated alkanes) is 2. The van der Waals surface area contributed by atoms with Gasteiger partial charge in [0.1, 0.15) is 11.5 Å². The average molecular weight is 354 g/mol. The molecule has 0 bridgehead atoms. The molecule has 26 heavy (non-hydrogen) atoms. The van der Waals surface area contributed by atoms with Crippen molar-refractivity contribution in [2.24, 2.45) is 0 Å². The molecule has 1 aromatic rings. The van der Waals surface area contributed by atoms with Crippen molar-refractivity contribution in [2.45, 2.75) is 70.6 Å². The van der Waals surface area contributed by atoms with E-state index in [4.69, 9.17) is 4.74 Å². The van der Waals surface area contributed by atoms with Crippen LogP contribution in [0.15, 0.2) is 42.4 Å². The fourth-order valence-electron chi connectivity index (χ4n) is 4.15. The van der Waals surface area contributed by atoms with Crippen LogP contribution in [-0.4, -0.2) is 10.2 Å². The Labute approximate surface area is 156 Å². The topological polar surface area (TPSA) is 49.7 Å². The first-order chi connectivity index (χ1) is 12.6. The van der Waals surface area contributed by atoms with Gasteiger partial charge in [-0.2, -0.15) is 0 Å². The van der Waals surface area contributed by atoms with E-state index in [9.17, 15) is 10.2 Å². The molecule has 2 aliphatic rings. The molecule has 0 saturated carbocycles. The zero-order chi connectivity index (χ0) is 18.5. The molecule has 0 spiro atoms. The van der Waals surface area contributed by atoms with Gasteiger partial charge in [0.2, 0.25) is 0 Å². The number of phenols is 2. The van der Waals surface area contributed by atoms with E-state index in [1.807, 2.05) is 18.2 Å². The molecular formula is C23H30O3. The molecule has 140 valence electrons. The van der Waals surface area contributed by atoms with E-state index in [0.717, 1.165) is 56.1 Å². The van der Waals surface area contributed by atoms with E-state index >= 15 is 0 Å². The molecule has 1 heterocycles. The number of rotatable bonds is 6. The third-order valence-corrected chi connectivity index (χ3v) is 5.50. The van der Waals surface area contributed by atoms with Crippen LogP contribution in [0.25, 0.3) is 0 Å². The molecule has 0 aromatic heterocycles. The van der Waals surface area contributed by atoms with Gasteiger partial charge < -0.3 is 14.9 Å². The second kappa shape index (κ2) is 8.48. The van der Waals surface area contributed by atoms with Crippen molar-refractivity contribution in [3.8, 4) is 11.5 Å². The summed E-state index contributed by atoms with van der Waals surface area (Å²) in [6.45, 7) is 4.31. The molecule has 0 amide bonds. The van der Waals surface area contributed by atoms with E-state index < -0.39 is 0 Å². The van der Waals surface area contributed by atoms with E-state index in [2.05, 4.69) is 19.9 Å². The third kappa shape index (κ3) is 3.98. The minimum absolute atomic E-state index is 0.0200. The summed E-state index contributed by atoms with van der Waals surface area (Å²) in [6, 6.07) is 1.88. The molecule has 3 nitrogen and oxygen atoms in total. The Morgan fingerprint density at radius 1 is 1.12 bits per heavy atom. The van der Waals surface area contributed by atoms with Crippen LogP contribution in [0, 0.1) is 0 Å². The standard InChI is InChI=1S/C23H30O3/c1-3-4-5-8-19-15-20(24)22(18-9-6-7-16(2)14-18)23(25)21(19)17-10-12-26-13-11-17/h10-15,17-18,24-25H,3-9H2,1-2H3. The summed E-state index contributed by atoms with van der Waals surface area (Å²) >= 11 is 0. The van der Waals surface area contributed by atoms with Crippen molar-refractivity contribution >= 4 is 0 Å². The van der Waals surface area contributed by atoms with Gasteiger partial charge in [-0.15, -0.1) is 0 Å². The van der Waals surface area contributed by atoms with Gasteiger partial charge in [0.15, 0.2) is 0 Å². The molecule has 3 rings (SSSR count). The van der Waals surface area contributed by atoms with Crippen LogP contribution < -0.4 is 0 Å². The lowest BCUT2D eigenvalue weighted by Crippen LogP contribution is -2.08. The predicted octanol–water partition coefficient (Wildman–Crippen LogP) is 6.19. The Morgan fingerprint density at radius 3 is 2.58 bits per heavy atom. The summed E-state index contributed by atoms with van der Waals surface area (Å²) in [4.78, 5) is 0. The van der Waals surface area contributed by atoms with Crippen LogP contribution in [0.5, 0.6) is 11.5 Å². The molecule has 0 saturated heterocycles. The second-order valence-corrected chi connectivity index (χ2v) is 7.52. The number of hydrogen-bond acceptors (Lipinski definition) is 3. The highest BCUT2D eigenvalue weighted by Gasteiger charge is 2.27. The summed E-state index contributed by atoms with van der Waals surface area (Å²) in [5.74, 6) is 0.552. The van der Waals surface area contributed by atoms with Gasteiger partial charge in [0.05, 0.1) is 12.5 Å². The fraction of sp³-hybridized carbons (Fsp3) is 0.478. The third-order valence-electron chi connectivity index (χ3n) is 5.50. The largest absolute Gasteiger partial charge is 0.507 e. The van der Waals surface area contributed by atoms with Gasteiger partial charge in [-0.3, -0.25) is 0 Å². The second-order valence-electron chi connectivity index (χ2n) is 7.52. The van der Waals surface area contributed by atoms with Crippen molar-refractivity contribution in [3.05, 3.63) is 59.1 Å². The minimum Gasteiger partial charge on any atom is -0.507 e. The highest BCUT2D eigenvalue weighted by Crippen LogP contribution is 2.46. The van der Waals surface area contributed by atoms with Crippen LogP contribution in [0.2, 0.25) is 0 Å². The first-order valence-corrected chi connectivity index (χ1v) is 9.85. The molecule has 1 aromatic carbocycles. The van der Waals surface area contributed by atoms with Gasteiger partial charge in [-0.1, -0.05) is 31.4 Å². The number of phenolic OH excluding ortho intramolecular Hbond substituents is 2. The Balaban J connectivity index is 2.06. The Bertz CT molecular complexity index is 715. The highest BCUT2D eigenvalue weighted by molar-refractivity contribution is 5.59. The van der Waals surface area contributed by atoms with Crippen LogP contribution in [-0.2, 0) is 11.2 Å². The number of hydrogen-bond donors (Lipinski definition) is 2. The number of ether oxygens (including phenoxy) is 1. The minimum atomic E-state index is -0.0200. The van der Waals surface area contributed by atoms with E-state index in [1.165, 1.54) is 5.57 Å². The first kappa shape index (κ1) is 18.6. The molecule has 3 heteroatoms. The van der Waals surface area contributed by atoms with E-state index in [1.54, 1.807) is 12.5 Å². The number of aromatic hydroxyl groups is 2. The molecule has 1 aliphatic heterocycles. The zero-order valence-electron chi connectivity index (χ0n) is 15.9. The molecule has 1 unspecified atom stereocenters. The van der Waals surface area contributed by atoms with Crippen molar-refractivity contribution < 1.29 is 14.9 Å². The van der Waals surface area contributed by atoms with Crippen molar-refractivity contribution in [1.82, 2.24) is 0 Å². The maximum Gasteiger partial charge on any atom is 0.127 e. The van der Waals surface area contributed by atoms with Gasteiger partial charge >= 0.3 is 0 Å². The quantitative estimate of drug-likeness (QED) is 0.473. The molecule has 1 aliphatic carbocycles. The lowest BCUT2D eigenvalue weighted by Gasteiger charge is -2.26. The highest BCUT2D eigenvalue weighted by atomic mass is 16.5. The molecule has 1 atom stereocenters. The van der Waals surface area contributed by atoms with Crippen molar-refractivity contribution in [1.29, 1.82) is 0 Å². The SMILES string of the molecule is CCCCCc1cc(O)c(C2C=C(C)CCC2)c(O)c1C1C=COC=C1. The molecule has 2 N–H and O–H groups in total. The van der Waals surface area contributed by atoms with Gasteiger partial charge in [0.25, 0.3) is 0 Å². The van der Waals surface area contributed by atoms with Gasteiger partial charge in [-0.05, 0) is 62.8 Å². The van der Waals surface area contributed by atoms with E-state index in [0.29, 0.717) is 5.56 Å². The van der Waals surface area contributed by atoms with Crippen LogP contribution in [0.3, 0.4) is 0 Å². The Kier molecular flexibility index (Phi) is 6.08. The number of allylic oxidation sites excluding steroid dienone is 4. The Hall–Kier alpha value is -2.16. The van der Waals surface area contributed by atoms with Crippen molar-refractivity contribution in [2.75, 3.05) is 0 Å².